The van der Waals surface area contributed by atoms with E-state index in [2.05, 4.69) is 0 Å². The molecule has 0 saturated heterocycles. The minimum Gasteiger partial charge on any atom is -0.488 e. The van der Waals surface area contributed by atoms with Crippen LogP contribution in [0.25, 0.3) is 0 Å². The van der Waals surface area contributed by atoms with Gasteiger partial charge < -0.3 is 9.84 Å². The van der Waals surface area contributed by atoms with E-state index in [9.17, 15) is 8.78 Å². The van der Waals surface area contributed by atoms with Crippen molar-refractivity contribution in [2.75, 3.05) is 0 Å². The molecular formula is C16H16F2O2. The zero-order valence-electron chi connectivity index (χ0n) is 11.4. The lowest BCUT2D eigenvalue weighted by atomic mass is 10.1. The number of ether oxygens (including phenoxy) is 1. The summed E-state index contributed by atoms with van der Waals surface area (Å²) >= 11 is 0. The molecule has 106 valence electrons. The van der Waals surface area contributed by atoms with Crippen LogP contribution in [0.15, 0.2) is 30.3 Å². The highest BCUT2D eigenvalue weighted by atomic mass is 19.1. The molecule has 0 aliphatic carbocycles. The van der Waals surface area contributed by atoms with Gasteiger partial charge in [-0.25, -0.2) is 8.78 Å². The van der Waals surface area contributed by atoms with Crippen molar-refractivity contribution in [3.63, 3.8) is 0 Å². The van der Waals surface area contributed by atoms with Gasteiger partial charge in [-0.3, -0.25) is 0 Å². The molecule has 2 aromatic carbocycles. The van der Waals surface area contributed by atoms with E-state index in [0.29, 0.717) is 5.75 Å². The van der Waals surface area contributed by atoms with Gasteiger partial charge in [0.25, 0.3) is 0 Å². The molecule has 0 aliphatic heterocycles. The van der Waals surface area contributed by atoms with E-state index in [1.54, 1.807) is 0 Å². The molecule has 0 spiro atoms. The minimum absolute atomic E-state index is 0.0380. The summed E-state index contributed by atoms with van der Waals surface area (Å²) in [5, 5.41) is 9.12. The SMILES string of the molecule is Cc1cc(CO)cc(C)c1OCc1cc(F)ccc1F. The zero-order chi connectivity index (χ0) is 14.7. The van der Waals surface area contributed by atoms with Crippen LogP contribution in [0.1, 0.15) is 22.3 Å². The first-order valence-electron chi connectivity index (χ1n) is 6.29. The van der Waals surface area contributed by atoms with Crippen LogP contribution >= 0.6 is 0 Å². The Morgan fingerprint density at radius 3 is 2.30 bits per heavy atom. The van der Waals surface area contributed by atoms with E-state index in [4.69, 9.17) is 9.84 Å². The molecule has 0 aromatic heterocycles. The number of rotatable bonds is 4. The second-order valence-corrected chi connectivity index (χ2v) is 4.74. The van der Waals surface area contributed by atoms with Crippen LogP contribution in [-0.4, -0.2) is 5.11 Å². The normalized spacial score (nSPS) is 10.7. The van der Waals surface area contributed by atoms with Crippen molar-refractivity contribution in [2.24, 2.45) is 0 Å². The molecule has 0 atom stereocenters. The molecule has 1 N–H and O–H groups in total. The fourth-order valence-electron chi connectivity index (χ4n) is 2.16. The maximum Gasteiger partial charge on any atom is 0.130 e. The molecule has 0 saturated carbocycles. The second kappa shape index (κ2) is 6.01. The maximum atomic E-state index is 13.5. The van der Waals surface area contributed by atoms with E-state index in [1.165, 1.54) is 0 Å². The molecule has 4 heteroatoms. The Balaban J connectivity index is 2.21. The van der Waals surface area contributed by atoms with Crippen molar-refractivity contribution in [3.05, 3.63) is 64.2 Å². The van der Waals surface area contributed by atoms with Crippen LogP contribution in [0.4, 0.5) is 8.78 Å². The lowest BCUT2D eigenvalue weighted by Crippen LogP contribution is -2.02. The Bertz CT molecular complexity index is 601. The summed E-state index contributed by atoms with van der Waals surface area (Å²) in [6.45, 7) is 3.62. The lowest BCUT2D eigenvalue weighted by Gasteiger charge is -2.14. The topological polar surface area (TPSA) is 29.5 Å². The van der Waals surface area contributed by atoms with Crippen molar-refractivity contribution in [1.29, 1.82) is 0 Å². The van der Waals surface area contributed by atoms with Gasteiger partial charge in [-0.2, -0.15) is 0 Å². The van der Waals surface area contributed by atoms with Crippen molar-refractivity contribution in [2.45, 2.75) is 27.1 Å². The van der Waals surface area contributed by atoms with Gasteiger partial charge in [0, 0.05) is 5.56 Å². The molecule has 0 unspecified atom stereocenters. The largest absolute Gasteiger partial charge is 0.488 e. The number of aliphatic hydroxyl groups is 1. The van der Waals surface area contributed by atoms with Crippen molar-refractivity contribution in [3.8, 4) is 5.75 Å². The number of halogens is 2. The van der Waals surface area contributed by atoms with Gasteiger partial charge in [-0.05, 0) is 48.7 Å². The first-order chi connectivity index (χ1) is 9.51. The molecule has 0 aliphatic rings. The van der Waals surface area contributed by atoms with Gasteiger partial charge in [-0.15, -0.1) is 0 Å². The average molecular weight is 278 g/mol. The number of benzene rings is 2. The third-order valence-electron chi connectivity index (χ3n) is 3.08. The lowest BCUT2D eigenvalue weighted by molar-refractivity contribution is 0.279. The first-order valence-corrected chi connectivity index (χ1v) is 6.29. The summed E-state index contributed by atoms with van der Waals surface area (Å²) in [4.78, 5) is 0. The molecule has 0 heterocycles. The number of aliphatic hydroxyl groups excluding tert-OH is 1. The Labute approximate surface area is 116 Å². The molecular weight excluding hydrogens is 262 g/mol. The smallest absolute Gasteiger partial charge is 0.130 e. The highest BCUT2D eigenvalue weighted by Gasteiger charge is 2.09. The summed E-state index contributed by atoms with van der Waals surface area (Å²) < 4.78 is 32.2. The Kier molecular flexibility index (Phi) is 4.35. The average Bonchev–Trinajstić information content (AvgIpc) is 2.41. The number of hydrogen-bond acceptors (Lipinski definition) is 2. The summed E-state index contributed by atoms with van der Waals surface area (Å²) in [5.74, 6) is -0.353. The van der Waals surface area contributed by atoms with E-state index in [0.717, 1.165) is 34.9 Å². The first kappa shape index (κ1) is 14.5. The molecule has 2 aromatic rings. The second-order valence-electron chi connectivity index (χ2n) is 4.74. The highest BCUT2D eigenvalue weighted by Crippen LogP contribution is 2.26. The van der Waals surface area contributed by atoms with E-state index < -0.39 is 11.6 Å². The molecule has 2 nitrogen and oxygen atoms in total. The summed E-state index contributed by atoms with van der Waals surface area (Å²) in [6.07, 6.45) is 0. The molecule has 20 heavy (non-hydrogen) atoms. The van der Waals surface area contributed by atoms with Gasteiger partial charge in [-0.1, -0.05) is 12.1 Å². The number of aryl methyl sites for hydroxylation is 2. The van der Waals surface area contributed by atoms with Gasteiger partial charge in [0.05, 0.1) is 6.61 Å². The third kappa shape index (κ3) is 3.14. The van der Waals surface area contributed by atoms with Crippen LogP contribution in [0.2, 0.25) is 0 Å². The Morgan fingerprint density at radius 1 is 1.05 bits per heavy atom. The van der Waals surface area contributed by atoms with Crippen LogP contribution in [0.5, 0.6) is 5.75 Å². The predicted molar refractivity (Wildman–Crippen MR) is 72.5 cm³/mol. The molecule has 0 radical (unpaired) electrons. The van der Waals surface area contributed by atoms with Crippen molar-refractivity contribution < 1.29 is 18.6 Å². The van der Waals surface area contributed by atoms with Crippen molar-refractivity contribution in [1.82, 2.24) is 0 Å². The number of hydrogen-bond donors (Lipinski definition) is 1. The highest BCUT2D eigenvalue weighted by molar-refractivity contribution is 5.43. The predicted octanol–water partition coefficient (Wildman–Crippen LogP) is 3.65. The minimum atomic E-state index is -0.492. The van der Waals surface area contributed by atoms with Crippen LogP contribution in [0, 0.1) is 25.5 Å². The molecule has 0 bridgehead atoms. The zero-order valence-corrected chi connectivity index (χ0v) is 11.4. The third-order valence-corrected chi connectivity index (χ3v) is 3.08. The van der Waals surface area contributed by atoms with Gasteiger partial charge in [0.15, 0.2) is 0 Å². The molecule has 0 amide bonds. The monoisotopic (exact) mass is 278 g/mol. The maximum absolute atomic E-state index is 13.5. The van der Waals surface area contributed by atoms with Gasteiger partial charge >= 0.3 is 0 Å². The van der Waals surface area contributed by atoms with Crippen LogP contribution in [-0.2, 0) is 13.2 Å². The van der Waals surface area contributed by atoms with Crippen molar-refractivity contribution >= 4 is 0 Å². The fraction of sp³-hybridized carbons (Fsp3) is 0.250. The summed E-state index contributed by atoms with van der Waals surface area (Å²) in [7, 11) is 0. The Morgan fingerprint density at radius 2 is 1.70 bits per heavy atom. The molecule has 0 fully saturated rings. The Hall–Kier alpha value is -1.94. The molecule has 2 rings (SSSR count). The summed E-state index contributed by atoms with van der Waals surface area (Å²) in [6, 6.07) is 6.91. The standard InChI is InChI=1S/C16H16F2O2/c1-10-5-12(8-19)6-11(2)16(10)20-9-13-7-14(17)3-4-15(13)18/h3-7,19H,8-9H2,1-2H3. The summed E-state index contributed by atoms with van der Waals surface area (Å²) in [5.41, 5.74) is 2.68. The van der Waals surface area contributed by atoms with Crippen LogP contribution in [0.3, 0.4) is 0 Å². The van der Waals surface area contributed by atoms with Crippen LogP contribution < -0.4 is 4.74 Å². The van der Waals surface area contributed by atoms with Gasteiger partial charge in [0.2, 0.25) is 0 Å². The quantitative estimate of drug-likeness (QED) is 0.925. The fourth-order valence-corrected chi connectivity index (χ4v) is 2.16. The van der Waals surface area contributed by atoms with Gasteiger partial charge in [0.1, 0.15) is 24.0 Å². The van der Waals surface area contributed by atoms with E-state index in [-0.39, 0.29) is 18.8 Å². The van der Waals surface area contributed by atoms with E-state index >= 15 is 0 Å². The van der Waals surface area contributed by atoms with E-state index in [1.807, 2.05) is 26.0 Å².